The van der Waals surface area contributed by atoms with Gasteiger partial charge in [0.1, 0.15) is 11.4 Å². The van der Waals surface area contributed by atoms with Crippen LogP contribution in [0.25, 0.3) is 0 Å². The molecule has 0 fully saturated rings. The zero-order chi connectivity index (χ0) is 63.4. The Morgan fingerprint density at radius 1 is 0.358 bits per heavy atom. The molecule has 0 unspecified atom stereocenters. The average Bonchev–Trinajstić information content (AvgIpc) is 4.06. The van der Waals surface area contributed by atoms with Gasteiger partial charge in [0.2, 0.25) is 0 Å². The highest BCUT2D eigenvalue weighted by Gasteiger charge is 2.30. The quantitative estimate of drug-likeness (QED) is 0.144. The van der Waals surface area contributed by atoms with Gasteiger partial charge >= 0.3 is 0 Å². The number of nitrogens with zero attached hydrogens (tertiary/aromatic N) is 18. The first-order chi connectivity index (χ1) is 35.1. The van der Waals surface area contributed by atoms with E-state index in [-0.39, 0.29) is 84.3 Å². The molecule has 22 heteroatoms. The van der Waals surface area contributed by atoms with Crippen LogP contribution in [0.1, 0.15) is 291 Å². The van der Waals surface area contributed by atoms with E-state index in [0.29, 0.717) is 11.4 Å². The summed E-state index contributed by atoms with van der Waals surface area (Å²) in [5.74, 6) is 1.72. The van der Waals surface area contributed by atoms with E-state index < -0.39 is 0 Å². The zero-order valence-electron chi connectivity index (χ0n) is 57.0. The number of hydrogen-bond donors (Lipinski definition) is 2. The Morgan fingerprint density at radius 3 is 0.864 bits per heavy atom. The van der Waals surface area contributed by atoms with Crippen molar-refractivity contribution in [2.45, 2.75) is 322 Å². The first-order valence-corrected chi connectivity index (χ1v) is 28.0. The Balaban J connectivity index is 0.000000946. The second kappa shape index (κ2) is 25.8. The summed E-state index contributed by atoms with van der Waals surface area (Å²) in [6.45, 7) is 74.3. The van der Waals surface area contributed by atoms with Gasteiger partial charge in [-0.2, -0.15) is 15.0 Å². The van der Waals surface area contributed by atoms with Crippen molar-refractivity contribution in [1.29, 1.82) is 0 Å². The van der Waals surface area contributed by atoms with E-state index in [9.17, 15) is 9.59 Å². The number of aromatic amines is 2. The van der Waals surface area contributed by atoms with Gasteiger partial charge in [-0.05, 0) is 140 Å². The zero-order valence-corrected chi connectivity index (χ0v) is 57.0. The van der Waals surface area contributed by atoms with Gasteiger partial charge in [0.05, 0.1) is 44.6 Å². The van der Waals surface area contributed by atoms with Crippen molar-refractivity contribution < 1.29 is 0 Å². The predicted octanol–water partition coefficient (Wildman–Crippen LogP) is 12.0. The molecule has 0 aliphatic carbocycles. The molecule has 0 radical (unpaired) electrons. The second-order valence-electron chi connectivity index (χ2n) is 32.8. The van der Waals surface area contributed by atoms with E-state index in [4.69, 9.17) is 0 Å². The molecule has 0 amide bonds. The summed E-state index contributed by atoms with van der Waals surface area (Å²) in [6, 6.07) is 0. The smallest absolute Gasteiger partial charge is 0.266 e. The minimum Gasteiger partial charge on any atom is -0.266 e. The summed E-state index contributed by atoms with van der Waals surface area (Å²) >= 11 is 0. The van der Waals surface area contributed by atoms with Gasteiger partial charge in [-0.1, -0.05) is 142 Å². The lowest BCUT2D eigenvalue weighted by Crippen LogP contribution is -2.35. The van der Waals surface area contributed by atoms with E-state index >= 15 is 0 Å². The lowest BCUT2D eigenvalue weighted by atomic mass is 9.93. The van der Waals surface area contributed by atoms with Crippen LogP contribution in [0.2, 0.25) is 0 Å². The van der Waals surface area contributed by atoms with Crippen LogP contribution < -0.4 is 11.1 Å². The average molecular weight is 1140 g/mol. The SMILES string of the molecule is C.CC(C)(C)c1cn(C(C)(C)C)nn1.CC(C)(C)c1cn(C(C)(C)C)nn1.CC(C)(C)c1n[nH]n(C(C)(C)C)c1=O.CC(C)(C)c1n[nH]n(C(C)(C)C)c1=O.CC(C)(C)c1nnn(C(C)(C)C)n1.CC(C)(C)c1nnnn1C(C)(C)C. The van der Waals surface area contributed by atoms with Gasteiger partial charge in [0.15, 0.2) is 11.6 Å². The lowest BCUT2D eigenvalue weighted by Gasteiger charge is -2.25. The number of H-pyrrole nitrogens is 2. The molecule has 0 saturated heterocycles. The summed E-state index contributed by atoms with van der Waals surface area (Å²) in [5.41, 5.74) is 2.39. The van der Waals surface area contributed by atoms with E-state index in [1.54, 1.807) is 14.2 Å². The van der Waals surface area contributed by atoms with Gasteiger partial charge in [0.25, 0.3) is 11.1 Å². The molecule has 6 aromatic heterocycles. The molecule has 0 aromatic carbocycles. The minimum absolute atomic E-state index is 0. The maximum Gasteiger partial charge on any atom is 0.290 e. The molecule has 0 saturated carbocycles. The van der Waals surface area contributed by atoms with Crippen LogP contribution >= 0.6 is 0 Å². The van der Waals surface area contributed by atoms with Gasteiger partial charge in [0, 0.05) is 44.9 Å². The third-order valence-corrected chi connectivity index (χ3v) is 11.5. The molecule has 6 heterocycles. The molecule has 6 rings (SSSR count). The van der Waals surface area contributed by atoms with Crippen LogP contribution in [0.3, 0.4) is 0 Å². The molecule has 2 N–H and O–H groups in total. The Kier molecular flexibility index (Phi) is 24.0. The number of tetrazole rings is 2. The van der Waals surface area contributed by atoms with Crippen molar-refractivity contribution in [1.82, 2.24) is 100 Å². The lowest BCUT2D eigenvalue weighted by molar-refractivity contribution is 0.303. The molecule has 6 aromatic rings. The molecule has 464 valence electrons. The van der Waals surface area contributed by atoms with Gasteiger partial charge in [-0.25, -0.2) is 33.8 Å². The first-order valence-electron chi connectivity index (χ1n) is 28.0. The van der Waals surface area contributed by atoms with Crippen molar-refractivity contribution >= 4 is 0 Å². The normalized spacial score (nSPS) is 13.2. The maximum absolute atomic E-state index is 11.9. The second-order valence-corrected chi connectivity index (χ2v) is 32.8. The van der Waals surface area contributed by atoms with E-state index in [0.717, 1.165) is 23.0 Å². The standard InChI is InChI=1S/2C10H19N3O.2C10H19N3.2C9H18N4.CH4/c2*1-9(2,3)7-8(14)13(12-11-7)10(4,5)6;2*1-9(2,3)8-7-13(12-11-8)10(4,5)6;1-8(2,3)7-10-11-12-13(7)9(4,5)6;1-8(2,3)7-10-12-13(11-7)9(4,5)6;/h2*12H,1-6H3;2*7H,1-6H3;2*1-6H3;1H4. The van der Waals surface area contributed by atoms with Crippen LogP contribution in [-0.2, 0) is 65.7 Å². The van der Waals surface area contributed by atoms with Crippen molar-refractivity contribution in [3.05, 3.63) is 67.5 Å². The third-order valence-electron chi connectivity index (χ3n) is 11.5. The summed E-state index contributed by atoms with van der Waals surface area (Å²) < 4.78 is 8.83. The Hall–Kier alpha value is -5.70. The first kappa shape index (κ1) is 75.3. The fourth-order valence-electron chi connectivity index (χ4n) is 6.26. The highest BCUT2D eigenvalue weighted by atomic mass is 16.1. The van der Waals surface area contributed by atoms with Gasteiger partial charge in [-0.3, -0.25) is 9.59 Å². The molecule has 0 aliphatic heterocycles. The molecule has 0 aliphatic rings. The summed E-state index contributed by atoms with van der Waals surface area (Å²) in [4.78, 5) is 25.5. The minimum atomic E-state index is -0.242. The maximum atomic E-state index is 11.9. The molecular weight excluding hydrogens is 1020 g/mol. The van der Waals surface area contributed by atoms with Crippen LogP contribution in [0.15, 0.2) is 22.0 Å². The number of aromatic nitrogens is 20. The van der Waals surface area contributed by atoms with Crippen LogP contribution in [-0.4, -0.2) is 100 Å². The van der Waals surface area contributed by atoms with Crippen LogP contribution in [0.4, 0.5) is 0 Å². The van der Waals surface area contributed by atoms with Crippen molar-refractivity contribution in [2.75, 3.05) is 0 Å². The summed E-state index contributed by atoms with van der Waals surface area (Å²) in [7, 11) is 0. The van der Waals surface area contributed by atoms with Gasteiger partial charge in [-0.15, -0.1) is 25.5 Å². The molecule has 81 heavy (non-hydrogen) atoms. The summed E-state index contributed by atoms with van der Waals surface area (Å²) in [6.07, 6.45) is 4.06. The number of rotatable bonds is 0. The third kappa shape index (κ3) is 23.2. The fourth-order valence-corrected chi connectivity index (χ4v) is 6.26. The predicted molar refractivity (Wildman–Crippen MR) is 330 cm³/mol. The van der Waals surface area contributed by atoms with E-state index in [1.807, 2.05) is 110 Å². The van der Waals surface area contributed by atoms with Crippen LogP contribution in [0, 0.1) is 0 Å². The Morgan fingerprint density at radius 2 is 0.704 bits per heavy atom. The topological polar surface area (TPSA) is 250 Å². The number of nitrogens with one attached hydrogen (secondary N) is 2. The Labute approximate surface area is 488 Å². The Bertz CT molecular complexity index is 2520. The van der Waals surface area contributed by atoms with E-state index in [2.05, 4.69) is 238 Å². The fraction of sp³-hybridized carbons (Fsp3) is 0.831. The monoisotopic (exact) mass is 1140 g/mol. The largest absolute Gasteiger partial charge is 0.290 e. The molecule has 22 nitrogen and oxygen atoms in total. The highest BCUT2D eigenvalue weighted by molar-refractivity contribution is 5.10. The molecule has 0 atom stereocenters. The summed E-state index contributed by atoms with van der Waals surface area (Å²) in [5, 5.41) is 54.5. The van der Waals surface area contributed by atoms with Gasteiger partial charge < -0.3 is 0 Å². The number of hydrogen-bond acceptors (Lipinski definition) is 14. The van der Waals surface area contributed by atoms with Crippen molar-refractivity contribution in [3.63, 3.8) is 0 Å². The molecule has 0 spiro atoms. The molecular formula is C59H116N20O2. The molecule has 0 bridgehead atoms. The van der Waals surface area contributed by atoms with Crippen molar-refractivity contribution in [3.8, 4) is 0 Å². The van der Waals surface area contributed by atoms with Crippen LogP contribution in [0.5, 0.6) is 0 Å². The van der Waals surface area contributed by atoms with Crippen molar-refractivity contribution in [2.24, 2.45) is 0 Å². The van der Waals surface area contributed by atoms with E-state index in [1.165, 1.54) is 0 Å². The highest BCUT2D eigenvalue weighted by Crippen LogP contribution is 2.26.